The van der Waals surface area contributed by atoms with Crippen LogP contribution in [-0.4, -0.2) is 9.97 Å². The number of rotatable bonds is 3. The van der Waals surface area contributed by atoms with Gasteiger partial charge in [-0.15, -0.1) is 0 Å². The largest absolute Gasteiger partial charge is 0.435 e. The average molecular weight is 737 g/mol. The molecule has 1 spiro atoms. The van der Waals surface area contributed by atoms with Crippen molar-refractivity contribution in [3.8, 4) is 56.1 Å². The summed E-state index contributed by atoms with van der Waals surface area (Å²) in [7, 11) is 0. The lowest BCUT2D eigenvalue weighted by Crippen LogP contribution is -2.25. The molecule has 0 aliphatic heterocycles. The molecule has 0 saturated heterocycles. The Balaban J connectivity index is 0.983. The van der Waals surface area contributed by atoms with Crippen LogP contribution in [0.15, 0.2) is 199 Å². The zero-order valence-electron chi connectivity index (χ0n) is 31.3. The van der Waals surface area contributed by atoms with Crippen molar-refractivity contribution in [1.82, 2.24) is 9.97 Å². The van der Waals surface area contributed by atoms with Gasteiger partial charge in [0.1, 0.15) is 11.2 Å². The first-order chi connectivity index (χ1) is 28.8. The molecular weight excluding hydrogens is 705 g/mol. The van der Waals surface area contributed by atoms with Gasteiger partial charge >= 0.3 is 0 Å². The Morgan fingerprint density at radius 3 is 1.76 bits per heavy atom. The second-order valence-electron chi connectivity index (χ2n) is 15.6. The van der Waals surface area contributed by atoms with Crippen LogP contribution in [0.25, 0.3) is 99.5 Å². The molecule has 0 atom stereocenters. The molecule has 2 aliphatic carbocycles. The minimum absolute atomic E-state index is 0.363. The number of pyridine rings is 1. The summed E-state index contributed by atoms with van der Waals surface area (Å²) in [5, 5.41) is 6.95. The fraction of sp³-hybridized carbons (Fsp3) is 0.0182. The molecule has 58 heavy (non-hydrogen) atoms. The van der Waals surface area contributed by atoms with Gasteiger partial charge in [-0.05, 0) is 124 Å². The van der Waals surface area contributed by atoms with Crippen molar-refractivity contribution in [3.05, 3.63) is 217 Å². The predicted molar refractivity (Wildman–Crippen MR) is 237 cm³/mol. The molecule has 3 heteroatoms. The number of hydrogen-bond donors (Lipinski definition) is 0. The van der Waals surface area contributed by atoms with Crippen LogP contribution in [0.1, 0.15) is 22.3 Å². The van der Waals surface area contributed by atoms with Crippen LogP contribution in [0.3, 0.4) is 0 Å². The lowest BCUT2D eigenvalue weighted by molar-refractivity contribution is 0.617. The number of hydrogen-bond acceptors (Lipinski definition) is 3. The molecule has 2 aliphatic rings. The summed E-state index contributed by atoms with van der Waals surface area (Å²) in [6.07, 6.45) is 1.78. The van der Waals surface area contributed by atoms with Crippen LogP contribution in [0.2, 0.25) is 0 Å². The Kier molecular flexibility index (Phi) is 6.37. The normalized spacial score (nSPS) is 13.3. The number of aromatic nitrogens is 2. The monoisotopic (exact) mass is 736 g/mol. The van der Waals surface area contributed by atoms with E-state index in [0.29, 0.717) is 5.89 Å². The summed E-state index contributed by atoms with van der Waals surface area (Å²) >= 11 is 0. The topological polar surface area (TPSA) is 38.9 Å². The van der Waals surface area contributed by atoms with Crippen LogP contribution in [0, 0.1) is 0 Å². The summed E-state index contributed by atoms with van der Waals surface area (Å²) in [5.74, 6) is 0.523. The van der Waals surface area contributed by atoms with E-state index in [4.69, 9.17) is 9.40 Å². The molecule has 2 aromatic heterocycles. The molecule has 0 N–H and O–H groups in total. The first kappa shape index (κ1) is 31.6. The van der Waals surface area contributed by atoms with Crippen LogP contribution in [0.4, 0.5) is 0 Å². The highest BCUT2D eigenvalue weighted by Crippen LogP contribution is 2.64. The maximum atomic E-state index is 6.49. The average Bonchev–Trinajstić information content (AvgIpc) is 3.96. The van der Waals surface area contributed by atoms with Gasteiger partial charge in [0.05, 0.1) is 5.41 Å². The summed E-state index contributed by atoms with van der Waals surface area (Å²) in [4.78, 5) is 9.58. The SMILES string of the molecule is c1ccc(-c2nc3c(cc(-c4ccc5cc(-c6cccc7c6-c6ccccc6C76c7ccccc7-c7ccccc76)ccc5c4)c4ccc5ccccc5c43)o2)nc1. The molecule has 0 amide bonds. The zero-order chi connectivity index (χ0) is 38.0. The van der Waals surface area contributed by atoms with Gasteiger partial charge in [-0.1, -0.05) is 158 Å². The van der Waals surface area contributed by atoms with Gasteiger partial charge in [-0.3, -0.25) is 4.98 Å². The van der Waals surface area contributed by atoms with E-state index in [1.165, 1.54) is 71.8 Å². The predicted octanol–water partition coefficient (Wildman–Crippen LogP) is 14.0. The van der Waals surface area contributed by atoms with Gasteiger partial charge in [0.25, 0.3) is 0 Å². The van der Waals surface area contributed by atoms with Crippen LogP contribution >= 0.6 is 0 Å². The second-order valence-corrected chi connectivity index (χ2v) is 15.6. The third kappa shape index (κ3) is 4.17. The van der Waals surface area contributed by atoms with Gasteiger partial charge in [0.2, 0.25) is 5.89 Å². The van der Waals surface area contributed by atoms with E-state index in [9.17, 15) is 0 Å². The molecule has 11 aromatic rings. The van der Waals surface area contributed by atoms with Crippen LogP contribution < -0.4 is 0 Å². The minimum Gasteiger partial charge on any atom is -0.435 e. The Hall–Kier alpha value is -7.62. The van der Waals surface area contributed by atoms with E-state index < -0.39 is 0 Å². The molecule has 0 unspecified atom stereocenters. The van der Waals surface area contributed by atoms with E-state index in [-0.39, 0.29) is 5.41 Å². The summed E-state index contributed by atoms with van der Waals surface area (Å²) in [5.41, 5.74) is 17.4. The number of fused-ring (bicyclic) bond motifs is 16. The lowest BCUT2D eigenvalue weighted by Gasteiger charge is -2.30. The number of nitrogens with zero attached hydrogens (tertiary/aromatic N) is 2. The van der Waals surface area contributed by atoms with Crippen molar-refractivity contribution in [1.29, 1.82) is 0 Å². The molecule has 0 saturated carbocycles. The fourth-order valence-electron chi connectivity index (χ4n) is 10.4. The molecule has 268 valence electrons. The first-order valence-electron chi connectivity index (χ1n) is 19.9. The van der Waals surface area contributed by atoms with E-state index >= 15 is 0 Å². The molecule has 9 aromatic carbocycles. The third-order valence-electron chi connectivity index (χ3n) is 12.8. The Labute approximate surface area is 334 Å². The number of oxazole rings is 1. The fourth-order valence-corrected chi connectivity index (χ4v) is 10.4. The van der Waals surface area contributed by atoms with Crippen molar-refractivity contribution in [2.45, 2.75) is 5.41 Å². The van der Waals surface area contributed by atoms with Gasteiger partial charge in [-0.2, -0.15) is 0 Å². The molecule has 0 bridgehead atoms. The zero-order valence-corrected chi connectivity index (χ0v) is 31.3. The molecule has 3 nitrogen and oxygen atoms in total. The Bertz CT molecular complexity index is 3480. The second kappa shape index (κ2) is 11.7. The van der Waals surface area contributed by atoms with E-state index in [1.54, 1.807) is 6.20 Å². The maximum Gasteiger partial charge on any atom is 0.246 e. The van der Waals surface area contributed by atoms with Gasteiger partial charge < -0.3 is 4.42 Å². The highest BCUT2D eigenvalue weighted by Gasteiger charge is 2.51. The molecule has 2 heterocycles. The Morgan fingerprint density at radius 1 is 0.414 bits per heavy atom. The van der Waals surface area contributed by atoms with Crippen molar-refractivity contribution in [2.75, 3.05) is 0 Å². The lowest BCUT2D eigenvalue weighted by atomic mass is 9.70. The first-order valence-corrected chi connectivity index (χ1v) is 19.9. The van der Waals surface area contributed by atoms with Crippen molar-refractivity contribution >= 4 is 43.4 Å². The van der Waals surface area contributed by atoms with Crippen LogP contribution in [-0.2, 0) is 5.41 Å². The van der Waals surface area contributed by atoms with Gasteiger partial charge in [0, 0.05) is 11.6 Å². The molecule has 0 radical (unpaired) electrons. The number of benzene rings is 9. The summed E-state index contributed by atoms with van der Waals surface area (Å²) in [6, 6.07) is 68.7. The summed E-state index contributed by atoms with van der Waals surface area (Å²) < 4.78 is 6.49. The third-order valence-corrected chi connectivity index (χ3v) is 12.8. The van der Waals surface area contributed by atoms with Crippen molar-refractivity contribution < 1.29 is 4.42 Å². The molecular formula is C55H32N2O. The van der Waals surface area contributed by atoms with E-state index in [2.05, 4.69) is 175 Å². The smallest absolute Gasteiger partial charge is 0.246 e. The quantitative estimate of drug-likeness (QED) is 0.170. The van der Waals surface area contributed by atoms with E-state index in [1.807, 2.05) is 18.2 Å². The molecule has 13 rings (SSSR count). The maximum absolute atomic E-state index is 6.49. The highest BCUT2D eigenvalue weighted by atomic mass is 16.3. The van der Waals surface area contributed by atoms with Crippen molar-refractivity contribution in [3.63, 3.8) is 0 Å². The highest BCUT2D eigenvalue weighted by molar-refractivity contribution is 6.22. The van der Waals surface area contributed by atoms with Gasteiger partial charge in [-0.25, -0.2) is 4.98 Å². The Morgan fingerprint density at radius 2 is 1.02 bits per heavy atom. The van der Waals surface area contributed by atoms with E-state index in [0.717, 1.165) is 44.1 Å². The van der Waals surface area contributed by atoms with Gasteiger partial charge in [0.15, 0.2) is 5.58 Å². The van der Waals surface area contributed by atoms with Crippen molar-refractivity contribution in [2.24, 2.45) is 0 Å². The standard InChI is InChI=1S/C55H32N2O/c1-2-13-38-33(12-1)27-28-42-44(32-50-53(52(38)42)57-54(58-50)49-22-9-10-29-56-49)37-26-24-34-30-36(25-23-35(34)31-37)39-17-11-21-48-51(39)43-16-5-8-20-47(43)55(48)45-18-6-3-14-40(45)41-15-4-7-19-46(41)55/h1-32H. The molecule has 0 fully saturated rings. The van der Waals surface area contributed by atoms with Crippen LogP contribution in [0.5, 0.6) is 0 Å². The summed E-state index contributed by atoms with van der Waals surface area (Å²) in [6.45, 7) is 0. The minimum atomic E-state index is -0.363.